The van der Waals surface area contributed by atoms with E-state index in [2.05, 4.69) is 5.32 Å². The maximum absolute atomic E-state index is 11.2. The van der Waals surface area contributed by atoms with E-state index in [0.29, 0.717) is 19.7 Å². The van der Waals surface area contributed by atoms with Crippen LogP contribution in [0.25, 0.3) is 0 Å². The summed E-state index contributed by atoms with van der Waals surface area (Å²) in [5.41, 5.74) is 1.06. The summed E-state index contributed by atoms with van der Waals surface area (Å²) in [6.45, 7) is 2.99. The van der Waals surface area contributed by atoms with Crippen LogP contribution in [-0.4, -0.2) is 50.8 Å². The van der Waals surface area contributed by atoms with Crippen molar-refractivity contribution in [2.45, 2.75) is 19.6 Å². The molecule has 1 unspecified atom stereocenters. The highest BCUT2D eigenvalue weighted by Gasteiger charge is 2.08. The van der Waals surface area contributed by atoms with Gasteiger partial charge in [0.1, 0.15) is 0 Å². The van der Waals surface area contributed by atoms with Gasteiger partial charge in [-0.15, -0.1) is 0 Å². The minimum absolute atomic E-state index is 0.0983. The van der Waals surface area contributed by atoms with Gasteiger partial charge in [0.25, 0.3) is 0 Å². The van der Waals surface area contributed by atoms with Gasteiger partial charge in [-0.1, -0.05) is 37.3 Å². The molecule has 0 aliphatic heterocycles. The van der Waals surface area contributed by atoms with Crippen molar-refractivity contribution in [2.24, 2.45) is 0 Å². The fourth-order valence-corrected chi connectivity index (χ4v) is 2.33. The second-order valence-corrected chi connectivity index (χ2v) is 7.07. The van der Waals surface area contributed by atoms with Crippen molar-refractivity contribution in [2.75, 3.05) is 31.2 Å². The number of hydrogen-bond acceptors (Lipinski definition) is 5. The lowest BCUT2D eigenvalue weighted by Gasteiger charge is -2.12. The van der Waals surface area contributed by atoms with E-state index < -0.39 is 15.9 Å². The van der Waals surface area contributed by atoms with Crippen LogP contribution in [-0.2, 0) is 21.2 Å². The number of ether oxygens (including phenoxy) is 1. The van der Waals surface area contributed by atoms with Gasteiger partial charge in [-0.2, -0.15) is 0 Å². The van der Waals surface area contributed by atoms with Gasteiger partial charge in [0.2, 0.25) is 0 Å². The first-order valence-electron chi connectivity index (χ1n) is 6.74. The number of rotatable bonds is 10. The first-order valence-corrected chi connectivity index (χ1v) is 8.56. The molecule has 0 radical (unpaired) electrons. The number of benzene rings is 1. The summed E-state index contributed by atoms with van der Waals surface area (Å²) < 4.78 is 27.9. The Morgan fingerprint density at radius 2 is 2.00 bits per heavy atom. The molecule has 1 rings (SSSR count). The molecule has 0 heterocycles. The SMILES string of the molecule is CCS(=O)(=O)CCNCC(O)COCc1ccccc1. The molecule has 0 aromatic heterocycles. The van der Waals surface area contributed by atoms with Crippen LogP contribution in [0.5, 0.6) is 0 Å². The molecule has 1 atom stereocenters. The van der Waals surface area contributed by atoms with Crippen LogP contribution in [0.15, 0.2) is 30.3 Å². The number of sulfone groups is 1. The second kappa shape index (κ2) is 9.07. The predicted octanol–water partition coefficient (Wildman–Crippen LogP) is 0.588. The van der Waals surface area contributed by atoms with E-state index >= 15 is 0 Å². The highest BCUT2D eigenvalue weighted by molar-refractivity contribution is 7.91. The maximum atomic E-state index is 11.2. The first-order chi connectivity index (χ1) is 9.53. The largest absolute Gasteiger partial charge is 0.389 e. The van der Waals surface area contributed by atoms with Crippen molar-refractivity contribution in [1.82, 2.24) is 5.32 Å². The molecule has 0 spiro atoms. The Kier molecular flexibility index (Phi) is 7.76. The van der Waals surface area contributed by atoms with Gasteiger partial charge < -0.3 is 15.2 Å². The fourth-order valence-electron chi connectivity index (χ4n) is 1.59. The topological polar surface area (TPSA) is 75.6 Å². The third-order valence-electron chi connectivity index (χ3n) is 2.83. The molecule has 0 aliphatic rings. The lowest BCUT2D eigenvalue weighted by atomic mass is 10.2. The number of aliphatic hydroxyl groups excluding tert-OH is 1. The molecule has 0 amide bonds. The van der Waals surface area contributed by atoms with Crippen LogP contribution in [0.2, 0.25) is 0 Å². The van der Waals surface area contributed by atoms with Crippen molar-refractivity contribution in [3.63, 3.8) is 0 Å². The van der Waals surface area contributed by atoms with Gasteiger partial charge in [0.05, 0.1) is 25.1 Å². The zero-order chi connectivity index (χ0) is 14.8. The van der Waals surface area contributed by atoms with E-state index in [1.54, 1.807) is 6.92 Å². The highest BCUT2D eigenvalue weighted by Crippen LogP contribution is 2.00. The third kappa shape index (κ3) is 7.59. The zero-order valence-corrected chi connectivity index (χ0v) is 12.6. The summed E-state index contributed by atoms with van der Waals surface area (Å²) in [4.78, 5) is 0. The Bertz CT molecular complexity index is 461. The van der Waals surface area contributed by atoms with E-state index in [1.807, 2.05) is 30.3 Å². The number of aliphatic hydroxyl groups is 1. The van der Waals surface area contributed by atoms with E-state index in [0.717, 1.165) is 5.56 Å². The molecule has 5 nitrogen and oxygen atoms in total. The van der Waals surface area contributed by atoms with E-state index in [9.17, 15) is 13.5 Å². The summed E-state index contributed by atoms with van der Waals surface area (Å²) in [7, 11) is -2.95. The Morgan fingerprint density at radius 1 is 1.30 bits per heavy atom. The molecule has 1 aromatic rings. The Morgan fingerprint density at radius 3 is 2.65 bits per heavy atom. The number of hydrogen-bond donors (Lipinski definition) is 2. The van der Waals surface area contributed by atoms with Crippen LogP contribution in [0.4, 0.5) is 0 Å². The van der Waals surface area contributed by atoms with Crippen LogP contribution in [0.3, 0.4) is 0 Å². The van der Waals surface area contributed by atoms with E-state index in [1.165, 1.54) is 0 Å². The fraction of sp³-hybridized carbons (Fsp3) is 0.571. The number of nitrogens with one attached hydrogen (secondary N) is 1. The van der Waals surface area contributed by atoms with Crippen molar-refractivity contribution in [3.8, 4) is 0 Å². The molecule has 20 heavy (non-hydrogen) atoms. The minimum atomic E-state index is -2.95. The molecule has 0 saturated heterocycles. The summed E-state index contributed by atoms with van der Waals surface area (Å²) in [6.07, 6.45) is -0.636. The van der Waals surface area contributed by atoms with Crippen LogP contribution >= 0.6 is 0 Å². The summed E-state index contributed by atoms with van der Waals surface area (Å²) >= 11 is 0. The summed E-state index contributed by atoms with van der Waals surface area (Å²) in [5.74, 6) is 0.249. The lowest BCUT2D eigenvalue weighted by molar-refractivity contribution is 0.0291. The van der Waals surface area contributed by atoms with Crippen LogP contribution in [0, 0.1) is 0 Å². The second-order valence-electron chi connectivity index (χ2n) is 4.60. The standard InChI is InChI=1S/C14H23NO4S/c1-2-20(17,18)9-8-15-10-14(16)12-19-11-13-6-4-3-5-7-13/h3-7,14-16H,2,8-12H2,1H3. The minimum Gasteiger partial charge on any atom is -0.389 e. The Labute approximate surface area is 120 Å². The molecule has 1 aromatic carbocycles. The van der Waals surface area contributed by atoms with Gasteiger partial charge in [0, 0.05) is 18.8 Å². The molecule has 0 bridgehead atoms. The molecule has 0 saturated carbocycles. The van der Waals surface area contributed by atoms with Crippen molar-refractivity contribution in [1.29, 1.82) is 0 Å². The quantitative estimate of drug-likeness (QED) is 0.619. The van der Waals surface area contributed by atoms with Crippen molar-refractivity contribution >= 4 is 9.84 Å². The zero-order valence-electron chi connectivity index (χ0n) is 11.8. The van der Waals surface area contributed by atoms with Gasteiger partial charge in [0.15, 0.2) is 9.84 Å². The Hall–Kier alpha value is -0.950. The molecule has 114 valence electrons. The molecule has 6 heteroatoms. The van der Waals surface area contributed by atoms with E-state index in [4.69, 9.17) is 4.74 Å². The lowest BCUT2D eigenvalue weighted by Crippen LogP contribution is -2.33. The highest BCUT2D eigenvalue weighted by atomic mass is 32.2. The van der Waals surface area contributed by atoms with Gasteiger partial charge in [-0.05, 0) is 5.56 Å². The van der Waals surface area contributed by atoms with E-state index in [-0.39, 0.29) is 18.1 Å². The van der Waals surface area contributed by atoms with Crippen LogP contribution in [0.1, 0.15) is 12.5 Å². The summed E-state index contributed by atoms with van der Waals surface area (Å²) in [6, 6.07) is 9.72. The molecular weight excluding hydrogens is 278 g/mol. The first kappa shape index (κ1) is 17.1. The van der Waals surface area contributed by atoms with Crippen molar-refractivity contribution < 1.29 is 18.3 Å². The molecule has 0 aliphatic carbocycles. The third-order valence-corrected chi connectivity index (χ3v) is 4.54. The monoisotopic (exact) mass is 301 g/mol. The van der Waals surface area contributed by atoms with Gasteiger partial charge in [-0.25, -0.2) is 8.42 Å². The Balaban J connectivity index is 2.07. The molecule has 2 N–H and O–H groups in total. The van der Waals surface area contributed by atoms with Crippen molar-refractivity contribution in [3.05, 3.63) is 35.9 Å². The predicted molar refractivity (Wildman–Crippen MR) is 79.3 cm³/mol. The van der Waals surface area contributed by atoms with Gasteiger partial charge in [-0.3, -0.25) is 0 Å². The normalized spacial score (nSPS) is 13.3. The average molecular weight is 301 g/mol. The molecule has 0 fully saturated rings. The van der Waals surface area contributed by atoms with Gasteiger partial charge >= 0.3 is 0 Å². The molecular formula is C14H23NO4S. The maximum Gasteiger partial charge on any atom is 0.151 e. The smallest absolute Gasteiger partial charge is 0.151 e. The van der Waals surface area contributed by atoms with Crippen LogP contribution < -0.4 is 5.32 Å². The average Bonchev–Trinajstić information content (AvgIpc) is 2.45. The summed E-state index contributed by atoms with van der Waals surface area (Å²) in [5, 5.41) is 12.6.